The van der Waals surface area contributed by atoms with Crippen molar-refractivity contribution in [2.75, 3.05) is 13.1 Å². The van der Waals surface area contributed by atoms with Crippen LogP contribution in [-0.2, 0) is 13.1 Å². The van der Waals surface area contributed by atoms with E-state index in [-0.39, 0.29) is 30.9 Å². The molecule has 4 heterocycles. The monoisotopic (exact) mass is 455 g/mol. The highest BCUT2D eigenvalue weighted by molar-refractivity contribution is 5.92. The van der Waals surface area contributed by atoms with E-state index in [0.717, 1.165) is 22.2 Å². The Labute approximate surface area is 185 Å². The van der Waals surface area contributed by atoms with Crippen molar-refractivity contribution in [1.82, 2.24) is 24.6 Å². The number of benzene rings is 1. The molecule has 4 aromatic rings. The Morgan fingerprint density at radius 2 is 1.97 bits per heavy atom. The molecule has 0 saturated carbocycles. The van der Waals surface area contributed by atoms with Crippen molar-refractivity contribution in [2.24, 2.45) is 5.92 Å². The van der Waals surface area contributed by atoms with Gasteiger partial charge >= 0.3 is 6.18 Å². The minimum atomic E-state index is -4.13. The first-order chi connectivity index (χ1) is 15.8. The first-order valence-electron chi connectivity index (χ1n) is 10.4. The molecule has 1 fully saturated rings. The van der Waals surface area contributed by atoms with E-state index in [1.54, 1.807) is 29.3 Å². The summed E-state index contributed by atoms with van der Waals surface area (Å²) in [6.45, 7) is 0.694. The number of hydrogen-bond acceptors (Lipinski definition) is 4. The van der Waals surface area contributed by atoms with Gasteiger partial charge in [-0.2, -0.15) is 13.2 Å². The second-order valence-electron chi connectivity index (χ2n) is 8.24. The lowest BCUT2D eigenvalue weighted by Gasteiger charge is -2.39. The largest absolute Gasteiger partial charge is 0.394 e. The lowest BCUT2D eigenvalue weighted by Crippen LogP contribution is -2.52. The number of alkyl halides is 3. The molecule has 5 rings (SSSR count). The Kier molecular flexibility index (Phi) is 5.16. The van der Waals surface area contributed by atoms with E-state index in [1.807, 2.05) is 24.3 Å². The number of nitrogens with one attached hydrogen (secondary N) is 2. The zero-order valence-electron chi connectivity index (χ0n) is 17.4. The summed E-state index contributed by atoms with van der Waals surface area (Å²) in [5.41, 5.74) is 2.61. The van der Waals surface area contributed by atoms with Gasteiger partial charge in [0.15, 0.2) is 0 Å². The van der Waals surface area contributed by atoms with Crippen LogP contribution >= 0.6 is 0 Å². The Balaban J connectivity index is 1.24. The molecule has 170 valence electrons. The van der Waals surface area contributed by atoms with E-state index in [0.29, 0.717) is 12.2 Å². The highest BCUT2D eigenvalue weighted by Gasteiger charge is 2.46. The first-order valence-corrected chi connectivity index (χ1v) is 10.4. The van der Waals surface area contributed by atoms with Crippen molar-refractivity contribution >= 4 is 22.5 Å². The third-order valence-electron chi connectivity index (χ3n) is 5.81. The molecule has 1 aliphatic rings. The third kappa shape index (κ3) is 4.34. The van der Waals surface area contributed by atoms with Gasteiger partial charge in [-0.3, -0.25) is 18.9 Å². The quantitative estimate of drug-likeness (QED) is 0.485. The van der Waals surface area contributed by atoms with Gasteiger partial charge < -0.3 is 10.3 Å². The summed E-state index contributed by atoms with van der Waals surface area (Å²) in [6.07, 6.45) is -2.55. The number of fused-ring (bicyclic) bond motifs is 2. The fourth-order valence-corrected chi connectivity index (χ4v) is 4.02. The predicted molar refractivity (Wildman–Crippen MR) is 116 cm³/mol. The fourth-order valence-electron chi connectivity index (χ4n) is 4.02. The van der Waals surface area contributed by atoms with E-state index in [1.165, 1.54) is 10.5 Å². The van der Waals surface area contributed by atoms with Crippen molar-refractivity contribution in [3.8, 4) is 0 Å². The van der Waals surface area contributed by atoms with Crippen LogP contribution in [0.2, 0.25) is 0 Å². The van der Waals surface area contributed by atoms with Gasteiger partial charge in [-0.1, -0.05) is 18.2 Å². The van der Waals surface area contributed by atoms with Crippen LogP contribution in [0.1, 0.15) is 21.7 Å². The number of halogens is 3. The Hall–Kier alpha value is -3.66. The number of carbonyl (C=O) groups is 1. The molecule has 7 nitrogen and oxygen atoms in total. The average Bonchev–Trinajstić information content (AvgIpc) is 3.15. The van der Waals surface area contributed by atoms with Crippen LogP contribution in [0, 0.1) is 5.92 Å². The molecule has 1 saturated heterocycles. The van der Waals surface area contributed by atoms with Crippen molar-refractivity contribution in [2.45, 2.75) is 19.3 Å². The van der Waals surface area contributed by atoms with Crippen LogP contribution in [0.5, 0.6) is 0 Å². The first kappa shape index (κ1) is 21.2. The van der Waals surface area contributed by atoms with Gasteiger partial charge in [0.25, 0.3) is 11.5 Å². The summed E-state index contributed by atoms with van der Waals surface area (Å²) in [5.74, 6) is -1.70. The smallest absolute Gasteiger partial charge is 0.357 e. The highest BCUT2D eigenvalue weighted by Crippen LogP contribution is 2.34. The number of amides is 1. The second kappa shape index (κ2) is 8.04. The fraction of sp³-hybridized carbons (Fsp3) is 0.261. The van der Waals surface area contributed by atoms with Crippen LogP contribution in [0.4, 0.5) is 13.2 Å². The van der Waals surface area contributed by atoms with Crippen LogP contribution in [0.3, 0.4) is 0 Å². The molecule has 0 aliphatic carbocycles. The minimum Gasteiger partial charge on any atom is -0.357 e. The van der Waals surface area contributed by atoms with Gasteiger partial charge in [-0.05, 0) is 35.2 Å². The molecule has 1 aromatic carbocycles. The molecular weight excluding hydrogens is 435 g/mol. The highest BCUT2D eigenvalue weighted by atomic mass is 19.4. The number of hydrogen-bond donors (Lipinski definition) is 2. The van der Waals surface area contributed by atoms with Gasteiger partial charge in [0, 0.05) is 49.7 Å². The van der Waals surface area contributed by atoms with Crippen molar-refractivity contribution in [3.05, 3.63) is 82.0 Å². The van der Waals surface area contributed by atoms with Gasteiger partial charge in [-0.25, -0.2) is 4.98 Å². The standard InChI is InChI=1S/C23H20F3N5O2/c24-23(25,26)16-11-30(12-16)13-17-8-15-5-4-14(7-18(15)28-17)10-27-22(33)19-9-21(32)31-6-2-1-3-20(31)29-19/h1-9,16,28H,10-13H2,(H,27,33). The molecule has 2 N–H and O–H groups in total. The molecule has 1 amide bonds. The van der Waals surface area contributed by atoms with E-state index in [9.17, 15) is 22.8 Å². The van der Waals surface area contributed by atoms with E-state index in [2.05, 4.69) is 15.3 Å². The number of carbonyl (C=O) groups excluding carboxylic acids is 1. The van der Waals surface area contributed by atoms with Crippen molar-refractivity contribution in [1.29, 1.82) is 0 Å². The second-order valence-corrected chi connectivity index (χ2v) is 8.24. The predicted octanol–water partition coefficient (Wildman–Crippen LogP) is 3.10. The summed E-state index contributed by atoms with van der Waals surface area (Å²) in [7, 11) is 0. The molecule has 10 heteroatoms. The van der Waals surface area contributed by atoms with Gasteiger partial charge in [0.1, 0.15) is 11.3 Å². The zero-order valence-corrected chi connectivity index (χ0v) is 17.4. The maximum atomic E-state index is 12.7. The number of H-pyrrole nitrogens is 1. The molecule has 0 spiro atoms. The maximum Gasteiger partial charge on any atom is 0.394 e. The molecule has 1 aliphatic heterocycles. The number of aromatic nitrogens is 3. The maximum absolute atomic E-state index is 12.7. The van der Waals surface area contributed by atoms with Crippen molar-refractivity contribution < 1.29 is 18.0 Å². The number of pyridine rings is 1. The summed E-state index contributed by atoms with van der Waals surface area (Å²) in [6, 6.07) is 13.9. The third-order valence-corrected chi connectivity index (χ3v) is 5.81. The molecule has 3 aromatic heterocycles. The lowest BCUT2D eigenvalue weighted by atomic mass is 9.99. The average molecular weight is 455 g/mol. The van der Waals surface area contributed by atoms with Crippen LogP contribution in [0.25, 0.3) is 16.6 Å². The summed E-state index contributed by atoms with van der Waals surface area (Å²) < 4.78 is 39.4. The van der Waals surface area contributed by atoms with E-state index < -0.39 is 18.0 Å². The summed E-state index contributed by atoms with van der Waals surface area (Å²) >= 11 is 0. The van der Waals surface area contributed by atoms with Crippen LogP contribution in [0.15, 0.2) is 59.5 Å². The Morgan fingerprint density at radius 3 is 2.76 bits per heavy atom. The molecule has 0 atom stereocenters. The molecule has 33 heavy (non-hydrogen) atoms. The van der Waals surface area contributed by atoms with Crippen LogP contribution in [-0.4, -0.2) is 44.4 Å². The summed E-state index contributed by atoms with van der Waals surface area (Å²) in [4.78, 5) is 33.9. The molecule has 0 bridgehead atoms. The van der Waals surface area contributed by atoms with E-state index >= 15 is 0 Å². The van der Waals surface area contributed by atoms with Crippen LogP contribution < -0.4 is 10.9 Å². The molecule has 0 radical (unpaired) electrons. The molecular formula is C23H20F3N5O2. The zero-order chi connectivity index (χ0) is 23.2. The van der Waals surface area contributed by atoms with Gasteiger partial charge in [0.05, 0.1) is 5.92 Å². The van der Waals surface area contributed by atoms with Gasteiger partial charge in [-0.15, -0.1) is 0 Å². The van der Waals surface area contributed by atoms with Crippen molar-refractivity contribution in [3.63, 3.8) is 0 Å². The number of aromatic amines is 1. The Morgan fingerprint density at radius 1 is 1.15 bits per heavy atom. The van der Waals surface area contributed by atoms with E-state index in [4.69, 9.17) is 0 Å². The normalized spacial score (nSPS) is 15.1. The van der Waals surface area contributed by atoms with Gasteiger partial charge in [0.2, 0.25) is 0 Å². The molecule has 0 unspecified atom stereocenters. The minimum absolute atomic E-state index is 0.0164. The Bertz CT molecular complexity index is 1400. The lowest BCUT2D eigenvalue weighted by molar-refractivity contribution is -0.210. The summed E-state index contributed by atoms with van der Waals surface area (Å²) in [5, 5.41) is 3.71. The number of rotatable bonds is 5. The topological polar surface area (TPSA) is 82.5 Å². The SMILES string of the molecule is O=C(NCc1ccc2cc(CN3CC(C(F)(F)F)C3)[nH]c2c1)c1cc(=O)n2ccccc2n1. The number of nitrogens with zero attached hydrogens (tertiary/aromatic N) is 3. The number of likely N-dealkylation sites (tertiary alicyclic amines) is 1.